The molecule has 0 saturated heterocycles. The van der Waals surface area contributed by atoms with Crippen molar-refractivity contribution < 1.29 is 28.6 Å². The lowest BCUT2D eigenvalue weighted by molar-refractivity contribution is -0.167. The van der Waals surface area contributed by atoms with Gasteiger partial charge in [-0.2, -0.15) is 0 Å². The SMILES string of the molecule is CCC(C)CCCCCCCCCCCCC(=O)O[C@H](COC(=O)CCCCCCCCCCCCCC(C)C)COC(=O)CCCCCCCCC(C)CC. The first-order valence-corrected chi connectivity index (χ1v) is 24.7. The maximum absolute atomic E-state index is 12.8. The molecule has 0 aliphatic rings. The number of esters is 3. The molecule has 0 N–H and O–H groups in total. The first-order valence-electron chi connectivity index (χ1n) is 24.7. The van der Waals surface area contributed by atoms with Crippen molar-refractivity contribution in [3.63, 3.8) is 0 Å². The van der Waals surface area contributed by atoms with E-state index in [-0.39, 0.29) is 31.1 Å². The van der Waals surface area contributed by atoms with Crippen LogP contribution in [0.2, 0.25) is 0 Å². The van der Waals surface area contributed by atoms with Gasteiger partial charge < -0.3 is 14.2 Å². The van der Waals surface area contributed by atoms with Crippen LogP contribution < -0.4 is 0 Å². The Hall–Kier alpha value is -1.59. The van der Waals surface area contributed by atoms with Crippen molar-refractivity contribution in [2.75, 3.05) is 13.2 Å². The van der Waals surface area contributed by atoms with Gasteiger partial charge in [0.25, 0.3) is 0 Å². The number of carbonyl (C=O) groups is 3. The van der Waals surface area contributed by atoms with Gasteiger partial charge in [0.1, 0.15) is 13.2 Å². The molecule has 0 aliphatic heterocycles. The van der Waals surface area contributed by atoms with Crippen molar-refractivity contribution >= 4 is 17.9 Å². The van der Waals surface area contributed by atoms with Crippen LogP contribution in [0.5, 0.6) is 0 Å². The highest BCUT2D eigenvalue weighted by Crippen LogP contribution is 2.18. The largest absolute Gasteiger partial charge is 0.462 e. The smallest absolute Gasteiger partial charge is 0.306 e. The van der Waals surface area contributed by atoms with E-state index in [4.69, 9.17) is 14.2 Å². The minimum absolute atomic E-state index is 0.0659. The van der Waals surface area contributed by atoms with Gasteiger partial charge in [-0.05, 0) is 37.0 Å². The summed E-state index contributed by atoms with van der Waals surface area (Å²) < 4.78 is 16.8. The molecule has 0 fully saturated rings. The average molecular weight is 793 g/mol. The summed E-state index contributed by atoms with van der Waals surface area (Å²) >= 11 is 0. The monoisotopic (exact) mass is 793 g/mol. The second kappa shape index (κ2) is 41.6. The first kappa shape index (κ1) is 54.4. The first-order chi connectivity index (χ1) is 27.2. The predicted molar refractivity (Wildman–Crippen MR) is 238 cm³/mol. The van der Waals surface area contributed by atoms with Gasteiger partial charge in [0.2, 0.25) is 0 Å². The van der Waals surface area contributed by atoms with Crippen LogP contribution in [0.3, 0.4) is 0 Å². The molecule has 0 radical (unpaired) electrons. The van der Waals surface area contributed by atoms with E-state index >= 15 is 0 Å². The zero-order valence-electron chi connectivity index (χ0n) is 38.4. The fourth-order valence-corrected chi connectivity index (χ4v) is 7.34. The van der Waals surface area contributed by atoms with Crippen molar-refractivity contribution in [1.29, 1.82) is 0 Å². The third-order valence-electron chi connectivity index (χ3n) is 11.9. The molecule has 332 valence electrons. The molecule has 3 atom stereocenters. The van der Waals surface area contributed by atoms with Crippen LogP contribution in [0, 0.1) is 17.8 Å². The molecule has 0 amide bonds. The zero-order chi connectivity index (χ0) is 41.3. The van der Waals surface area contributed by atoms with E-state index in [2.05, 4.69) is 41.5 Å². The Morgan fingerprint density at radius 2 is 0.625 bits per heavy atom. The zero-order valence-corrected chi connectivity index (χ0v) is 38.4. The number of unbranched alkanes of at least 4 members (excludes halogenated alkanes) is 24. The minimum Gasteiger partial charge on any atom is -0.462 e. The van der Waals surface area contributed by atoms with Crippen LogP contribution in [0.4, 0.5) is 0 Å². The quantitative estimate of drug-likeness (QED) is 0.0348. The van der Waals surface area contributed by atoms with Gasteiger partial charge in [-0.15, -0.1) is 0 Å². The van der Waals surface area contributed by atoms with E-state index in [9.17, 15) is 14.4 Å². The Labute approximate surface area is 348 Å². The summed E-state index contributed by atoms with van der Waals surface area (Å²) in [4.78, 5) is 37.8. The van der Waals surface area contributed by atoms with E-state index in [0.29, 0.717) is 19.3 Å². The van der Waals surface area contributed by atoms with Gasteiger partial charge in [0.05, 0.1) is 0 Å². The van der Waals surface area contributed by atoms with Crippen LogP contribution in [-0.4, -0.2) is 37.2 Å². The molecular weight excluding hydrogens is 697 g/mol. The molecular formula is C50H96O6. The lowest BCUT2D eigenvalue weighted by Crippen LogP contribution is -2.30. The summed E-state index contributed by atoms with van der Waals surface area (Å²) in [5, 5.41) is 0. The van der Waals surface area contributed by atoms with Gasteiger partial charge in [0, 0.05) is 19.3 Å². The van der Waals surface area contributed by atoms with Crippen LogP contribution >= 0.6 is 0 Å². The molecule has 0 aliphatic carbocycles. The van der Waals surface area contributed by atoms with Crippen LogP contribution in [0.1, 0.15) is 266 Å². The van der Waals surface area contributed by atoms with Crippen LogP contribution in [-0.2, 0) is 28.6 Å². The van der Waals surface area contributed by atoms with Crippen molar-refractivity contribution in [3.05, 3.63) is 0 Å². The van der Waals surface area contributed by atoms with E-state index in [0.717, 1.165) is 75.5 Å². The number of hydrogen-bond acceptors (Lipinski definition) is 6. The molecule has 0 bridgehead atoms. The highest BCUT2D eigenvalue weighted by Gasteiger charge is 2.19. The van der Waals surface area contributed by atoms with Crippen LogP contribution in [0.15, 0.2) is 0 Å². The Morgan fingerprint density at radius 3 is 0.929 bits per heavy atom. The number of hydrogen-bond donors (Lipinski definition) is 0. The summed E-state index contributed by atoms with van der Waals surface area (Å²) in [6, 6.07) is 0. The van der Waals surface area contributed by atoms with E-state index in [1.807, 2.05) is 0 Å². The van der Waals surface area contributed by atoms with E-state index in [1.165, 1.54) is 148 Å². The van der Waals surface area contributed by atoms with Crippen LogP contribution in [0.25, 0.3) is 0 Å². The van der Waals surface area contributed by atoms with Gasteiger partial charge in [-0.3, -0.25) is 14.4 Å². The van der Waals surface area contributed by atoms with E-state index in [1.54, 1.807) is 0 Å². The van der Waals surface area contributed by atoms with E-state index < -0.39 is 6.10 Å². The van der Waals surface area contributed by atoms with Crippen molar-refractivity contribution in [2.45, 2.75) is 272 Å². The molecule has 0 aromatic heterocycles. The molecule has 2 unspecified atom stereocenters. The lowest BCUT2D eigenvalue weighted by Gasteiger charge is -2.18. The fraction of sp³-hybridized carbons (Fsp3) is 0.940. The minimum atomic E-state index is -0.763. The summed E-state index contributed by atoms with van der Waals surface area (Å²) in [5.41, 5.74) is 0. The predicted octanol–water partition coefficient (Wildman–Crippen LogP) is 15.6. The molecule has 0 aromatic rings. The summed E-state index contributed by atoms with van der Waals surface area (Å²) in [5.74, 6) is 1.65. The molecule has 0 aromatic carbocycles. The summed E-state index contributed by atoms with van der Waals surface area (Å²) in [6.07, 6.45) is 39.4. The van der Waals surface area contributed by atoms with Crippen molar-refractivity contribution in [2.24, 2.45) is 17.8 Å². The second-order valence-corrected chi connectivity index (χ2v) is 18.1. The number of rotatable bonds is 43. The average Bonchev–Trinajstić information content (AvgIpc) is 3.18. The van der Waals surface area contributed by atoms with Gasteiger partial charge in [-0.1, -0.05) is 228 Å². The third-order valence-corrected chi connectivity index (χ3v) is 11.9. The summed E-state index contributed by atoms with van der Waals surface area (Å²) in [7, 11) is 0. The maximum atomic E-state index is 12.8. The fourth-order valence-electron chi connectivity index (χ4n) is 7.34. The number of ether oxygens (including phenoxy) is 3. The normalized spacial score (nSPS) is 13.1. The van der Waals surface area contributed by atoms with Crippen molar-refractivity contribution in [1.82, 2.24) is 0 Å². The summed E-state index contributed by atoms with van der Waals surface area (Å²) in [6.45, 7) is 13.7. The Balaban J connectivity index is 4.34. The topological polar surface area (TPSA) is 78.9 Å². The van der Waals surface area contributed by atoms with Gasteiger partial charge in [-0.25, -0.2) is 0 Å². The Bertz CT molecular complexity index is 872. The molecule has 56 heavy (non-hydrogen) atoms. The molecule has 0 saturated carbocycles. The standard InChI is InChI=1S/C50H96O6/c1-7-45(5)37-31-25-19-15-12-13-17-21-29-35-41-50(53)56-47(43-55-49(52)40-34-28-23-22-26-32-38-46(6)8-2)42-54-48(51)39-33-27-20-16-11-9-10-14-18-24-30-36-44(3)4/h44-47H,7-43H2,1-6H3/t45?,46?,47-/m1/s1. The van der Waals surface area contributed by atoms with Crippen molar-refractivity contribution in [3.8, 4) is 0 Å². The lowest BCUT2D eigenvalue weighted by atomic mass is 9.99. The van der Waals surface area contributed by atoms with Gasteiger partial charge >= 0.3 is 17.9 Å². The third kappa shape index (κ3) is 40.6. The number of carbonyl (C=O) groups excluding carboxylic acids is 3. The Morgan fingerprint density at radius 1 is 0.357 bits per heavy atom. The molecule has 6 nitrogen and oxygen atoms in total. The second-order valence-electron chi connectivity index (χ2n) is 18.1. The molecule has 0 heterocycles. The Kier molecular flexibility index (Phi) is 40.4. The molecule has 0 rings (SSSR count). The highest BCUT2D eigenvalue weighted by atomic mass is 16.6. The van der Waals surface area contributed by atoms with Gasteiger partial charge in [0.15, 0.2) is 6.10 Å². The molecule has 0 spiro atoms. The molecule has 6 heteroatoms. The highest BCUT2D eigenvalue weighted by molar-refractivity contribution is 5.71. The maximum Gasteiger partial charge on any atom is 0.306 e.